The zero-order chi connectivity index (χ0) is 15.4. The summed E-state index contributed by atoms with van der Waals surface area (Å²) in [7, 11) is 0. The van der Waals surface area contributed by atoms with Crippen molar-refractivity contribution in [3.8, 4) is 0 Å². The summed E-state index contributed by atoms with van der Waals surface area (Å²) in [6, 6.07) is 5.89. The van der Waals surface area contributed by atoms with Crippen LogP contribution < -0.4 is 5.32 Å². The van der Waals surface area contributed by atoms with E-state index in [9.17, 15) is 23.7 Å². The van der Waals surface area contributed by atoms with Gasteiger partial charge in [-0.2, -0.15) is 0 Å². The number of carbonyl (C=O) groups excluding carboxylic acids is 1. The van der Waals surface area contributed by atoms with E-state index in [1.807, 2.05) is 5.32 Å². The van der Waals surface area contributed by atoms with Crippen LogP contribution in [0.1, 0.15) is 12.0 Å². The predicted molar refractivity (Wildman–Crippen MR) is 68.1 cm³/mol. The normalized spacial score (nSPS) is 17.3. The second-order valence-corrected chi connectivity index (χ2v) is 4.25. The number of hydrogen-bond acceptors (Lipinski definition) is 5. The fraction of sp³-hybridized carbons (Fsp3) is 0.333. The molecule has 1 aliphatic rings. The highest BCUT2D eigenvalue weighted by Crippen LogP contribution is 2.24. The maximum absolute atomic E-state index is 12.0. The Morgan fingerprint density at radius 2 is 2.24 bits per heavy atom. The van der Waals surface area contributed by atoms with Crippen LogP contribution >= 0.6 is 0 Å². The Kier molecular flexibility index (Phi) is 4.41. The van der Waals surface area contributed by atoms with Gasteiger partial charge < -0.3 is 10.2 Å². The number of rotatable bonds is 5. The number of nitro benzene ring substituents is 1. The number of benzene rings is 1. The molecule has 1 N–H and O–H groups in total. The van der Waals surface area contributed by atoms with Gasteiger partial charge in [-0.1, -0.05) is 17.3 Å². The smallest absolute Gasteiger partial charge is 0.278 e. The van der Waals surface area contributed by atoms with E-state index in [2.05, 4.69) is 5.16 Å². The largest absolute Gasteiger partial charge is 0.382 e. The number of nitro groups is 1. The quantitative estimate of drug-likeness (QED) is 0.658. The van der Waals surface area contributed by atoms with E-state index in [-0.39, 0.29) is 23.4 Å². The number of nitrogens with zero attached hydrogens (tertiary/aromatic N) is 2. The van der Waals surface area contributed by atoms with Gasteiger partial charge in [0.15, 0.2) is 0 Å². The van der Waals surface area contributed by atoms with Crippen LogP contribution in [0.15, 0.2) is 29.4 Å². The number of carbonyl (C=O) groups is 1. The third-order valence-corrected chi connectivity index (χ3v) is 2.80. The van der Waals surface area contributed by atoms with E-state index in [4.69, 9.17) is 4.84 Å². The van der Waals surface area contributed by atoms with E-state index in [0.29, 0.717) is 0 Å². The van der Waals surface area contributed by atoms with Crippen molar-refractivity contribution in [2.75, 3.05) is 6.54 Å². The maximum atomic E-state index is 12.0. The van der Waals surface area contributed by atoms with Crippen molar-refractivity contribution < 1.29 is 23.3 Å². The number of oxime groups is 1. The van der Waals surface area contributed by atoms with Gasteiger partial charge in [0, 0.05) is 12.5 Å². The summed E-state index contributed by atoms with van der Waals surface area (Å²) in [5, 5.41) is 16.6. The second-order valence-electron chi connectivity index (χ2n) is 4.25. The zero-order valence-corrected chi connectivity index (χ0v) is 10.7. The van der Waals surface area contributed by atoms with Crippen LogP contribution in [0.3, 0.4) is 0 Å². The van der Waals surface area contributed by atoms with Gasteiger partial charge in [-0.15, -0.1) is 0 Å². The average Bonchev–Trinajstić information content (AvgIpc) is 2.94. The minimum Gasteiger partial charge on any atom is -0.382 e. The summed E-state index contributed by atoms with van der Waals surface area (Å²) in [5.41, 5.74) is 0.319. The molecule has 0 fully saturated rings. The van der Waals surface area contributed by atoms with Crippen molar-refractivity contribution in [2.45, 2.75) is 19.0 Å². The molecule has 21 heavy (non-hydrogen) atoms. The van der Waals surface area contributed by atoms with Gasteiger partial charge in [0.1, 0.15) is 0 Å². The molecule has 112 valence electrons. The lowest BCUT2D eigenvalue weighted by atomic mass is 10.0. The monoisotopic (exact) mass is 299 g/mol. The number of halogens is 2. The molecule has 1 atom stereocenters. The molecule has 1 amide bonds. The molecule has 0 radical (unpaired) electrons. The number of nitrogens with one attached hydrogen (secondary N) is 1. The average molecular weight is 299 g/mol. The lowest BCUT2D eigenvalue weighted by Gasteiger charge is -2.08. The molecule has 0 bridgehead atoms. The topological polar surface area (TPSA) is 93.8 Å². The van der Waals surface area contributed by atoms with Crippen LogP contribution in [-0.4, -0.2) is 35.6 Å². The van der Waals surface area contributed by atoms with Gasteiger partial charge in [-0.3, -0.25) is 14.9 Å². The molecule has 1 aromatic rings. The Morgan fingerprint density at radius 3 is 2.90 bits per heavy atom. The van der Waals surface area contributed by atoms with E-state index in [1.165, 1.54) is 18.2 Å². The molecule has 2 rings (SSSR count). The van der Waals surface area contributed by atoms with Gasteiger partial charge in [0.2, 0.25) is 6.10 Å². The standard InChI is InChI=1S/C12H11F2N3O4/c13-11(14)6-15-12(18)10-5-8(16-21-10)7-3-1-2-4-9(7)17(19)20/h1-4,10-11H,5-6H2,(H,15,18)/t10-/m1/s1. The van der Waals surface area contributed by atoms with Crippen LogP contribution in [0.4, 0.5) is 14.5 Å². The molecule has 7 nitrogen and oxygen atoms in total. The molecule has 9 heteroatoms. The van der Waals surface area contributed by atoms with Crippen LogP contribution in [0, 0.1) is 10.1 Å². The highest BCUT2D eigenvalue weighted by atomic mass is 19.3. The summed E-state index contributed by atoms with van der Waals surface area (Å²) >= 11 is 0. The van der Waals surface area contributed by atoms with Crippen LogP contribution in [0.5, 0.6) is 0 Å². The molecule has 0 saturated carbocycles. The summed E-state index contributed by atoms with van der Waals surface area (Å²) in [4.78, 5) is 26.8. The van der Waals surface area contributed by atoms with E-state index < -0.39 is 29.9 Å². The first kappa shape index (κ1) is 14.8. The number of hydrogen-bond donors (Lipinski definition) is 1. The zero-order valence-electron chi connectivity index (χ0n) is 10.7. The minimum atomic E-state index is -2.66. The summed E-state index contributed by atoms with van der Waals surface area (Å²) in [6.45, 7) is -0.778. The highest BCUT2D eigenvalue weighted by molar-refractivity contribution is 6.06. The number of alkyl halides is 2. The molecule has 1 heterocycles. The third-order valence-electron chi connectivity index (χ3n) is 2.80. The van der Waals surface area contributed by atoms with Gasteiger partial charge in [-0.05, 0) is 6.07 Å². The molecule has 0 saturated heterocycles. The third kappa shape index (κ3) is 3.50. The molecule has 0 spiro atoms. The molecule has 1 aliphatic heterocycles. The van der Waals surface area contributed by atoms with Crippen LogP contribution in [-0.2, 0) is 9.63 Å². The van der Waals surface area contributed by atoms with Crippen LogP contribution in [0.2, 0.25) is 0 Å². The Balaban J connectivity index is 2.06. The van der Waals surface area contributed by atoms with E-state index in [0.717, 1.165) is 0 Å². The first-order valence-electron chi connectivity index (χ1n) is 6.01. The fourth-order valence-corrected chi connectivity index (χ4v) is 1.85. The van der Waals surface area contributed by atoms with Gasteiger partial charge in [-0.25, -0.2) is 8.78 Å². The van der Waals surface area contributed by atoms with Crippen molar-refractivity contribution in [1.82, 2.24) is 5.32 Å². The van der Waals surface area contributed by atoms with E-state index in [1.54, 1.807) is 6.07 Å². The second kappa shape index (κ2) is 6.25. The first-order chi connectivity index (χ1) is 9.99. The fourth-order valence-electron chi connectivity index (χ4n) is 1.85. The molecule has 0 unspecified atom stereocenters. The maximum Gasteiger partial charge on any atom is 0.278 e. The lowest BCUT2D eigenvalue weighted by Crippen LogP contribution is -2.37. The summed E-state index contributed by atoms with van der Waals surface area (Å²) < 4.78 is 24.0. The highest BCUT2D eigenvalue weighted by Gasteiger charge is 2.31. The SMILES string of the molecule is O=C(NCC(F)F)[C@H]1CC(c2ccccc2[N+](=O)[O-])=NO1. The van der Waals surface area contributed by atoms with Crippen LogP contribution in [0.25, 0.3) is 0 Å². The summed E-state index contributed by atoms with van der Waals surface area (Å²) in [5.74, 6) is -0.729. The molecular weight excluding hydrogens is 288 g/mol. The minimum absolute atomic E-state index is 0.0140. The van der Waals surface area contributed by atoms with Crippen molar-refractivity contribution in [1.29, 1.82) is 0 Å². The molecular formula is C12H11F2N3O4. The predicted octanol–water partition coefficient (Wildman–Crippen LogP) is 1.47. The van der Waals surface area contributed by atoms with Crippen molar-refractivity contribution in [2.24, 2.45) is 5.16 Å². The van der Waals surface area contributed by atoms with Crippen molar-refractivity contribution >= 4 is 17.3 Å². The summed E-state index contributed by atoms with van der Waals surface area (Å²) in [6.07, 6.45) is -3.73. The Hall–Kier alpha value is -2.58. The Morgan fingerprint density at radius 1 is 1.52 bits per heavy atom. The Bertz CT molecular complexity index is 592. The Labute approximate surface area is 117 Å². The first-order valence-corrected chi connectivity index (χ1v) is 6.01. The molecule has 0 aromatic heterocycles. The lowest BCUT2D eigenvalue weighted by molar-refractivity contribution is -0.385. The van der Waals surface area contributed by atoms with Gasteiger partial charge in [0.05, 0.1) is 22.7 Å². The number of para-hydroxylation sites is 1. The number of amides is 1. The van der Waals surface area contributed by atoms with Gasteiger partial charge >= 0.3 is 0 Å². The van der Waals surface area contributed by atoms with Crippen molar-refractivity contribution in [3.63, 3.8) is 0 Å². The molecule has 1 aromatic carbocycles. The molecule has 0 aliphatic carbocycles. The van der Waals surface area contributed by atoms with Crippen molar-refractivity contribution in [3.05, 3.63) is 39.9 Å². The van der Waals surface area contributed by atoms with Gasteiger partial charge in [0.25, 0.3) is 18.0 Å². The van der Waals surface area contributed by atoms with E-state index >= 15 is 0 Å².